The first-order valence-electron chi connectivity index (χ1n) is 5.97. The highest BCUT2D eigenvalue weighted by Crippen LogP contribution is 2.44. The van der Waals surface area contributed by atoms with E-state index >= 15 is 0 Å². The average molecular weight is 252 g/mol. The Bertz CT molecular complexity index is 458. The summed E-state index contributed by atoms with van der Waals surface area (Å²) in [5, 5.41) is 14.5. The van der Waals surface area contributed by atoms with Crippen LogP contribution in [0, 0.1) is 18.2 Å². The van der Waals surface area contributed by atoms with Crippen LogP contribution in [0.4, 0.5) is 14.9 Å². The number of halogens is 1. The number of hydrogen-bond acceptors (Lipinski definition) is 2. The molecule has 0 heterocycles. The summed E-state index contributed by atoms with van der Waals surface area (Å²) in [6.45, 7) is 2.21. The minimum atomic E-state index is -0.333. The number of amides is 2. The molecule has 1 fully saturated rings. The van der Waals surface area contributed by atoms with Crippen molar-refractivity contribution in [3.63, 3.8) is 0 Å². The molecule has 1 aromatic carbocycles. The van der Waals surface area contributed by atoms with E-state index in [0.29, 0.717) is 17.8 Å². The summed E-state index contributed by atoms with van der Waals surface area (Å²) in [4.78, 5) is 11.6. The van der Waals surface area contributed by atoms with Crippen LogP contribution in [0.5, 0.6) is 0 Å². The fourth-order valence-electron chi connectivity index (χ4n) is 1.73. The molecular formula is C13H17FN2O2. The van der Waals surface area contributed by atoms with Gasteiger partial charge >= 0.3 is 6.03 Å². The van der Waals surface area contributed by atoms with Gasteiger partial charge in [-0.15, -0.1) is 0 Å². The van der Waals surface area contributed by atoms with E-state index in [-0.39, 0.29) is 23.9 Å². The lowest BCUT2D eigenvalue weighted by molar-refractivity contribution is 0.206. The van der Waals surface area contributed by atoms with E-state index in [1.54, 1.807) is 13.0 Å². The van der Waals surface area contributed by atoms with E-state index in [2.05, 4.69) is 10.6 Å². The van der Waals surface area contributed by atoms with E-state index in [1.807, 2.05) is 0 Å². The molecule has 0 saturated heterocycles. The van der Waals surface area contributed by atoms with E-state index in [4.69, 9.17) is 5.11 Å². The standard InChI is InChI=1S/C13H17FN2O2/c1-9-6-10(2-3-11(9)14)16-12(18)15-7-13(8-17)4-5-13/h2-3,6,17H,4-5,7-8H2,1H3,(H2,15,16,18). The number of carbonyl (C=O) groups excluding carboxylic acids is 1. The molecule has 0 unspecified atom stereocenters. The molecule has 1 aliphatic rings. The van der Waals surface area contributed by atoms with Crippen LogP contribution in [0.25, 0.3) is 0 Å². The predicted octanol–water partition coefficient (Wildman–Crippen LogP) is 2.03. The van der Waals surface area contributed by atoms with Gasteiger partial charge in [-0.25, -0.2) is 9.18 Å². The molecule has 1 aromatic rings. The Labute approximate surface area is 105 Å². The molecule has 2 amide bonds. The number of aliphatic hydroxyl groups excluding tert-OH is 1. The van der Waals surface area contributed by atoms with Crippen molar-refractivity contribution in [1.29, 1.82) is 0 Å². The summed E-state index contributed by atoms with van der Waals surface area (Å²) in [6, 6.07) is 4.08. The summed E-state index contributed by atoms with van der Waals surface area (Å²) in [5.74, 6) is -0.293. The van der Waals surface area contributed by atoms with Crippen LogP contribution in [-0.4, -0.2) is 24.3 Å². The van der Waals surface area contributed by atoms with E-state index in [9.17, 15) is 9.18 Å². The second kappa shape index (κ2) is 4.94. The SMILES string of the molecule is Cc1cc(NC(=O)NCC2(CO)CC2)ccc1F. The maximum atomic E-state index is 13.0. The van der Waals surface area contributed by atoms with Crippen molar-refractivity contribution in [1.82, 2.24) is 5.32 Å². The van der Waals surface area contributed by atoms with Gasteiger partial charge in [-0.05, 0) is 43.5 Å². The van der Waals surface area contributed by atoms with Crippen LogP contribution in [0.1, 0.15) is 18.4 Å². The van der Waals surface area contributed by atoms with Gasteiger partial charge in [-0.2, -0.15) is 0 Å². The van der Waals surface area contributed by atoms with Crippen molar-refractivity contribution in [2.24, 2.45) is 5.41 Å². The quantitative estimate of drug-likeness (QED) is 0.767. The predicted molar refractivity (Wildman–Crippen MR) is 66.9 cm³/mol. The highest BCUT2D eigenvalue weighted by atomic mass is 19.1. The van der Waals surface area contributed by atoms with E-state index < -0.39 is 0 Å². The first-order valence-corrected chi connectivity index (χ1v) is 5.97. The number of carbonyl (C=O) groups is 1. The molecule has 0 spiro atoms. The number of urea groups is 1. The molecule has 0 radical (unpaired) electrons. The normalized spacial score (nSPS) is 16.2. The van der Waals surface area contributed by atoms with Crippen LogP contribution in [0.3, 0.4) is 0 Å². The molecule has 5 heteroatoms. The fourth-order valence-corrected chi connectivity index (χ4v) is 1.73. The largest absolute Gasteiger partial charge is 0.396 e. The molecule has 0 aliphatic heterocycles. The molecule has 18 heavy (non-hydrogen) atoms. The molecule has 1 aliphatic carbocycles. The van der Waals surface area contributed by atoms with Crippen LogP contribution < -0.4 is 10.6 Å². The molecule has 3 N–H and O–H groups in total. The van der Waals surface area contributed by atoms with Gasteiger partial charge in [0.15, 0.2) is 0 Å². The summed E-state index contributed by atoms with van der Waals surface area (Å²) in [6.07, 6.45) is 1.89. The number of benzene rings is 1. The molecule has 4 nitrogen and oxygen atoms in total. The maximum absolute atomic E-state index is 13.0. The van der Waals surface area contributed by atoms with Crippen molar-refractivity contribution < 1.29 is 14.3 Å². The van der Waals surface area contributed by atoms with Gasteiger partial charge in [0.25, 0.3) is 0 Å². The first-order chi connectivity index (χ1) is 8.54. The van der Waals surface area contributed by atoms with Gasteiger partial charge in [0, 0.05) is 17.6 Å². The minimum absolute atomic E-state index is 0.100. The lowest BCUT2D eigenvalue weighted by atomic mass is 10.1. The van der Waals surface area contributed by atoms with Crippen molar-refractivity contribution in [3.05, 3.63) is 29.6 Å². The Morgan fingerprint density at radius 1 is 1.50 bits per heavy atom. The fraction of sp³-hybridized carbons (Fsp3) is 0.462. The Kier molecular flexibility index (Phi) is 3.52. The summed E-state index contributed by atoms with van der Waals surface area (Å²) in [7, 11) is 0. The molecule has 2 rings (SSSR count). The third-order valence-electron chi connectivity index (χ3n) is 3.33. The van der Waals surface area contributed by atoms with Crippen molar-refractivity contribution in [2.75, 3.05) is 18.5 Å². The Morgan fingerprint density at radius 3 is 2.78 bits per heavy atom. The molecule has 0 bridgehead atoms. The maximum Gasteiger partial charge on any atom is 0.319 e. The van der Waals surface area contributed by atoms with Gasteiger partial charge < -0.3 is 15.7 Å². The lowest BCUT2D eigenvalue weighted by Crippen LogP contribution is -2.35. The number of rotatable bonds is 4. The number of aliphatic hydroxyl groups is 1. The molecule has 1 saturated carbocycles. The summed E-state index contributed by atoms with van der Waals surface area (Å²) < 4.78 is 13.0. The highest BCUT2D eigenvalue weighted by Gasteiger charge is 2.42. The third kappa shape index (κ3) is 2.98. The average Bonchev–Trinajstić information content (AvgIpc) is 3.12. The smallest absolute Gasteiger partial charge is 0.319 e. The number of anilines is 1. The second-order valence-electron chi connectivity index (χ2n) is 4.93. The molecule has 0 atom stereocenters. The Hall–Kier alpha value is -1.62. The van der Waals surface area contributed by atoms with Gasteiger partial charge in [0.2, 0.25) is 0 Å². The topological polar surface area (TPSA) is 61.4 Å². The van der Waals surface area contributed by atoms with Gasteiger partial charge in [0.1, 0.15) is 5.82 Å². The highest BCUT2D eigenvalue weighted by molar-refractivity contribution is 5.89. The van der Waals surface area contributed by atoms with Crippen molar-refractivity contribution >= 4 is 11.7 Å². The monoisotopic (exact) mass is 252 g/mol. The summed E-state index contributed by atoms with van der Waals surface area (Å²) in [5.41, 5.74) is 0.929. The zero-order valence-electron chi connectivity index (χ0n) is 10.3. The number of hydrogen-bond donors (Lipinski definition) is 3. The first kappa shape index (κ1) is 12.8. The van der Waals surface area contributed by atoms with Gasteiger partial charge in [0.05, 0.1) is 6.61 Å². The van der Waals surface area contributed by atoms with E-state index in [1.165, 1.54) is 12.1 Å². The second-order valence-corrected chi connectivity index (χ2v) is 4.93. The van der Waals surface area contributed by atoms with Crippen LogP contribution in [-0.2, 0) is 0 Å². The van der Waals surface area contributed by atoms with Gasteiger partial charge in [-0.3, -0.25) is 0 Å². The van der Waals surface area contributed by atoms with Crippen molar-refractivity contribution in [3.8, 4) is 0 Å². The van der Waals surface area contributed by atoms with Gasteiger partial charge in [-0.1, -0.05) is 0 Å². The Balaban J connectivity index is 1.85. The van der Waals surface area contributed by atoms with Crippen LogP contribution >= 0.6 is 0 Å². The van der Waals surface area contributed by atoms with Crippen molar-refractivity contribution in [2.45, 2.75) is 19.8 Å². The van der Waals surface area contributed by atoms with E-state index in [0.717, 1.165) is 12.8 Å². The number of aryl methyl sites for hydroxylation is 1. The molecule has 98 valence electrons. The third-order valence-corrected chi connectivity index (χ3v) is 3.33. The molecular weight excluding hydrogens is 235 g/mol. The number of nitrogens with one attached hydrogen (secondary N) is 2. The van der Waals surface area contributed by atoms with Crippen LogP contribution in [0.15, 0.2) is 18.2 Å². The zero-order valence-corrected chi connectivity index (χ0v) is 10.3. The minimum Gasteiger partial charge on any atom is -0.396 e. The lowest BCUT2D eigenvalue weighted by Gasteiger charge is -2.13. The zero-order chi connectivity index (χ0) is 13.2. The Morgan fingerprint density at radius 2 is 2.22 bits per heavy atom. The molecule has 0 aromatic heterocycles. The summed E-state index contributed by atoms with van der Waals surface area (Å²) >= 11 is 0. The van der Waals surface area contributed by atoms with Crippen LogP contribution in [0.2, 0.25) is 0 Å².